The van der Waals surface area contributed by atoms with Crippen LogP contribution < -0.4 is 5.32 Å². The summed E-state index contributed by atoms with van der Waals surface area (Å²) in [5.74, 6) is -0.310. The Hall–Kier alpha value is -1.47. The van der Waals surface area contributed by atoms with E-state index in [1.807, 2.05) is 6.92 Å². The third kappa shape index (κ3) is 5.35. The van der Waals surface area contributed by atoms with Gasteiger partial charge in [0.2, 0.25) is 11.8 Å². The van der Waals surface area contributed by atoms with Gasteiger partial charge in [0.1, 0.15) is 6.54 Å². The number of rotatable bonds is 7. The van der Waals surface area contributed by atoms with Crippen molar-refractivity contribution in [2.24, 2.45) is 0 Å². The highest BCUT2D eigenvalue weighted by Crippen LogP contribution is 2.16. The normalized spacial score (nSPS) is 10.3. The molecule has 1 N–H and O–H groups in total. The maximum Gasteiger partial charge on any atom is 0.245 e. The van der Waals surface area contributed by atoms with Gasteiger partial charge >= 0.3 is 0 Å². The smallest absolute Gasteiger partial charge is 0.245 e. The summed E-state index contributed by atoms with van der Waals surface area (Å²) >= 11 is 1.40. The molecule has 1 aromatic heterocycles. The average molecular weight is 285 g/mol. The Morgan fingerprint density at radius 3 is 2.79 bits per heavy atom. The largest absolute Gasteiger partial charge is 0.383 e. The highest BCUT2D eigenvalue weighted by atomic mass is 32.1. The van der Waals surface area contributed by atoms with Crippen molar-refractivity contribution in [2.45, 2.75) is 20.3 Å². The summed E-state index contributed by atoms with van der Waals surface area (Å²) in [6, 6.07) is 0. The number of nitrogens with one attached hydrogen (secondary N) is 1. The second-order valence-corrected chi connectivity index (χ2v) is 5.22. The van der Waals surface area contributed by atoms with Crippen molar-refractivity contribution in [1.29, 1.82) is 0 Å². The zero-order chi connectivity index (χ0) is 14.3. The van der Waals surface area contributed by atoms with Crippen LogP contribution in [0.15, 0.2) is 6.20 Å². The first-order chi connectivity index (χ1) is 9.06. The molecule has 7 heteroatoms. The van der Waals surface area contributed by atoms with E-state index in [1.165, 1.54) is 16.2 Å². The molecule has 0 radical (unpaired) electrons. The molecule has 0 aliphatic heterocycles. The molecule has 0 unspecified atom stereocenters. The summed E-state index contributed by atoms with van der Waals surface area (Å²) in [6.45, 7) is 4.53. The number of nitrogens with zero attached hydrogens (tertiary/aromatic N) is 2. The lowest BCUT2D eigenvalue weighted by molar-refractivity contribution is -0.135. The summed E-state index contributed by atoms with van der Waals surface area (Å²) in [4.78, 5) is 30.1. The van der Waals surface area contributed by atoms with E-state index in [1.54, 1.807) is 20.2 Å². The van der Waals surface area contributed by atoms with Gasteiger partial charge in [-0.2, -0.15) is 0 Å². The van der Waals surface area contributed by atoms with E-state index in [2.05, 4.69) is 10.3 Å². The van der Waals surface area contributed by atoms with Gasteiger partial charge in [-0.05, 0) is 6.92 Å². The summed E-state index contributed by atoms with van der Waals surface area (Å²) in [5, 5.41) is 3.24. The number of hydrogen-bond acceptors (Lipinski definition) is 5. The number of aromatic nitrogens is 1. The lowest BCUT2D eigenvalue weighted by atomic mass is 10.3. The molecule has 0 aromatic carbocycles. The van der Waals surface area contributed by atoms with Gasteiger partial charge in [-0.3, -0.25) is 9.59 Å². The molecule has 0 atom stereocenters. The Morgan fingerprint density at radius 1 is 1.53 bits per heavy atom. The Morgan fingerprint density at radius 2 is 2.26 bits per heavy atom. The fraction of sp³-hybridized carbons (Fsp3) is 0.583. The predicted octanol–water partition coefficient (Wildman–Crippen LogP) is 1.28. The number of hydrogen-bond donors (Lipinski definition) is 1. The van der Waals surface area contributed by atoms with Crippen molar-refractivity contribution in [2.75, 3.05) is 32.1 Å². The Kier molecular flexibility index (Phi) is 6.44. The van der Waals surface area contributed by atoms with Crippen molar-refractivity contribution in [3.63, 3.8) is 0 Å². The quantitative estimate of drug-likeness (QED) is 0.819. The molecule has 19 heavy (non-hydrogen) atoms. The van der Waals surface area contributed by atoms with Crippen LogP contribution >= 0.6 is 11.3 Å². The van der Waals surface area contributed by atoms with Gasteiger partial charge in [0, 0.05) is 31.1 Å². The number of methoxy groups -OCH3 is 1. The van der Waals surface area contributed by atoms with E-state index in [9.17, 15) is 9.59 Å². The molecule has 2 amide bonds. The Bertz CT molecular complexity index is 434. The lowest BCUT2D eigenvalue weighted by Gasteiger charge is -2.20. The van der Waals surface area contributed by atoms with E-state index >= 15 is 0 Å². The molecule has 106 valence electrons. The van der Waals surface area contributed by atoms with Crippen LogP contribution in [0, 0.1) is 6.92 Å². The highest BCUT2D eigenvalue weighted by molar-refractivity contribution is 7.15. The SMILES string of the molecule is CCC(=O)N(CCOC)CC(=O)Nc1ncc(C)s1. The fourth-order valence-corrected chi connectivity index (χ4v) is 2.14. The predicted molar refractivity (Wildman–Crippen MR) is 74.2 cm³/mol. The van der Waals surface area contributed by atoms with Crippen LogP contribution in [-0.4, -0.2) is 48.5 Å². The van der Waals surface area contributed by atoms with Crippen molar-refractivity contribution < 1.29 is 14.3 Å². The fourth-order valence-electron chi connectivity index (χ4n) is 1.46. The first kappa shape index (κ1) is 15.6. The molecular formula is C12H19N3O3S. The molecule has 1 rings (SSSR count). The van der Waals surface area contributed by atoms with Crippen molar-refractivity contribution in [3.05, 3.63) is 11.1 Å². The summed E-state index contributed by atoms with van der Waals surface area (Å²) in [6.07, 6.45) is 2.06. The van der Waals surface area contributed by atoms with E-state index in [0.29, 0.717) is 24.7 Å². The maximum atomic E-state index is 11.8. The Labute approximate surface area is 116 Å². The van der Waals surface area contributed by atoms with Crippen LogP contribution in [0.5, 0.6) is 0 Å². The molecule has 0 spiro atoms. The van der Waals surface area contributed by atoms with Gasteiger partial charge in [0.05, 0.1) is 6.61 Å². The van der Waals surface area contributed by atoms with Gasteiger partial charge in [-0.1, -0.05) is 6.92 Å². The van der Waals surface area contributed by atoms with Crippen LogP contribution in [0.3, 0.4) is 0 Å². The van der Waals surface area contributed by atoms with E-state index in [0.717, 1.165) is 4.88 Å². The number of carbonyl (C=O) groups excluding carboxylic acids is 2. The second-order valence-electron chi connectivity index (χ2n) is 3.99. The van der Waals surface area contributed by atoms with E-state index in [4.69, 9.17) is 4.74 Å². The van der Waals surface area contributed by atoms with Crippen molar-refractivity contribution >= 4 is 28.3 Å². The number of carbonyl (C=O) groups is 2. The van der Waals surface area contributed by atoms with Crippen LogP contribution in [0.1, 0.15) is 18.2 Å². The molecule has 0 fully saturated rings. The number of amides is 2. The lowest BCUT2D eigenvalue weighted by Crippen LogP contribution is -2.39. The average Bonchev–Trinajstić information content (AvgIpc) is 2.78. The minimum atomic E-state index is -0.243. The topological polar surface area (TPSA) is 71.5 Å². The standard InChI is InChI=1S/C12H19N3O3S/c1-4-11(17)15(5-6-18-3)8-10(16)14-12-13-7-9(2)19-12/h7H,4-6,8H2,1-3H3,(H,13,14,16). The molecule has 1 heterocycles. The van der Waals surface area contributed by atoms with Gasteiger partial charge in [-0.15, -0.1) is 11.3 Å². The van der Waals surface area contributed by atoms with Crippen molar-refractivity contribution in [3.8, 4) is 0 Å². The third-order valence-electron chi connectivity index (χ3n) is 2.42. The number of thiazole rings is 1. The highest BCUT2D eigenvalue weighted by Gasteiger charge is 2.16. The van der Waals surface area contributed by atoms with Gasteiger partial charge < -0.3 is 15.0 Å². The molecule has 0 aliphatic carbocycles. The van der Waals surface area contributed by atoms with Crippen LogP contribution in [-0.2, 0) is 14.3 Å². The summed E-state index contributed by atoms with van der Waals surface area (Å²) in [5.41, 5.74) is 0. The minimum absolute atomic E-state index is 0.0225. The van der Waals surface area contributed by atoms with E-state index < -0.39 is 0 Å². The minimum Gasteiger partial charge on any atom is -0.383 e. The van der Waals surface area contributed by atoms with Crippen LogP contribution in [0.4, 0.5) is 5.13 Å². The third-order valence-corrected chi connectivity index (χ3v) is 3.25. The number of ether oxygens (including phenoxy) is 1. The van der Waals surface area contributed by atoms with Crippen LogP contribution in [0.25, 0.3) is 0 Å². The second kappa shape index (κ2) is 7.85. The first-order valence-corrected chi connectivity index (χ1v) is 6.87. The molecule has 6 nitrogen and oxygen atoms in total. The first-order valence-electron chi connectivity index (χ1n) is 6.05. The zero-order valence-electron chi connectivity index (χ0n) is 11.4. The number of aryl methyl sites for hydroxylation is 1. The maximum absolute atomic E-state index is 11.8. The van der Waals surface area contributed by atoms with Gasteiger partial charge in [0.15, 0.2) is 5.13 Å². The molecule has 1 aromatic rings. The monoisotopic (exact) mass is 285 g/mol. The molecule has 0 bridgehead atoms. The zero-order valence-corrected chi connectivity index (χ0v) is 12.2. The molecular weight excluding hydrogens is 266 g/mol. The number of anilines is 1. The summed E-state index contributed by atoms with van der Waals surface area (Å²) in [7, 11) is 1.56. The Balaban J connectivity index is 2.52. The molecule has 0 saturated heterocycles. The van der Waals surface area contributed by atoms with Crippen molar-refractivity contribution in [1.82, 2.24) is 9.88 Å². The van der Waals surface area contributed by atoms with Gasteiger partial charge in [0.25, 0.3) is 0 Å². The molecule has 0 saturated carbocycles. The van der Waals surface area contributed by atoms with E-state index in [-0.39, 0.29) is 18.4 Å². The van der Waals surface area contributed by atoms with Gasteiger partial charge in [-0.25, -0.2) is 4.98 Å². The molecule has 0 aliphatic rings. The van der Waals surface area contributed by atoms with Crippen LogP contribution in [0.2, 0.25) is 0 Å². The summed E-state index contributed by atoms with van der Waals surface area (Å²) < 4.78 is 4.93.